The highest BCUT2D eigenvalue weighted by Crippen LogP contribution is 1.72. The predicted octanol–water partition coefficient (Wildman–Crippen LogP) is -0.809. The Morgan fingerprint density at radius 1 is 1.62 bits per heavy atom. The van der Waals surface area contributed by atoms with E-state index in [9.17, 15) is 4.79 Å². The Kier molecular flexibility index (Phi) is 13.4. The van der Waals surface area contributed by atoms with Crippen molar-refractivity contribution in [2.75, 3.05) is 13.1 Å². The molecule has 0 spiro atoms. The molecule has 0 rings (SSSR count). The van der Waals surface area contributed by atoms with E-state index >= 15 is 0 Å². The van der Waals surface area contributed by atoms with E-state index < -0.39 is 0 Å². The molecule has 0 aliphatic rings. The molecule has 8 heteroatoms. The molecule has 6 N–H and O–H groups in total. The van der Waals surface area contributed by atoms with E-state index in [0.29, 0.717) is 13.1 Å². The minimum Gasteiger partial charge on any atom is -0.369 e. The average Bonchev–Trinajstić information content (AvgIpc) is 1.86. The molecule has 0 radical (unpaired) electrons. The van der Waals surface area contributed by atoms with E-state index in [2.05, 4.69) is 5.32 Å². The Morgan fingerprint density at radius 3 is 2.38 bits per heavy atom. The van der Waals surface area contributed by atoms with Crippen molar-refractivity contribution in [1.82, 2.24) is 10.3 Å². The summed E-state index contributed by atoms with van der Waals surface area (Å²) in [5.74, 6) is 4.90. The number of guanidine groups is 1. The second-order valence-corrected chi connectivity index (χ2v) is 2.06. The van der Waals surface area contributed by atoms with Gasteiger partial charge in [0, 0.05) is 13.5 Å². The highest BCUT2D eigenvalue weighted by Gasteiger charge is 1.98. The van der Waals surface area contributed by atoms with Crippen molar-refractivity contribution in [3.8, 4) is 0 Å². The summed E-state index contributed by atoms with van der Waals surface area (Å²) in [4.78, 5) is 10.3. The molecule has 0 aliphatic heterocycles. The number of carbonyl (C=O) groups excluding carboxylic acids is 1. The van der Waals surface area contributed by atoms with Gasteiger partial charge in [0.15, 0.2) is 0 Å². The van der Waals surface area contributed by atoms with Gasteiger partial charge >= 0.3 is 0 Å². The highest BCUT2D eigenvalue weighted by molar-refractivity contribution is 8.93. The molecule has 0 fully saturated rings. The van der Waals surface area contributed by atoms with E-state index in [1.807, 2.05) is 0 Å². The molecule has 0 atom stereocenters. The lowest BCUT2D eigenvalue weighted by Gasteiger charge is -2.15. The van der Waals surface area contributed by atoms with E-state index in [-0.39, 0.29) is 41.3 Å². The fourth-order valence-electron chi connectivity index (χ4n) is 0.473. The lowest BCUT2D eigenvalue weighted by atomic mass is 10.5. The quantitative estimate of drug-likeness (QED) is 0.234. The van der Waals surface area contributed by atoms with Crippen LogP contribution >= 0.6 is 29.4 Å². The third-order valence-corrected chi connectivity index (χ3v) is 1.04. The summed E-state index contributed by atoms with van der Waals surface area (Å²) in [7, 11) is 0. The number of halogens is 2. The van der Waals surface area contributed by atoms with Crippen molar-refractivity contribution in [1.29, 1.82) is 5.41 Å². The normalized spacial score (nSPS) is 7.54. The van der Waals surface area contributed by atoms with Crippen LogP contribution in [0, 0.1) is 5.41 Å². The van der Waals surface area contributed by atoms with Crippen LogP contribution in [0.4, 0.5) is 0 Å². The number of nitrogens with two attached hydrogens (primary N) is 2. The summed E-state index contributed by atoms with van der Waals surface area (Å²) in [5, 5.41) is 10.4. The lowest BCUT2D eigenvalue weighted by molar-refractivity contribution is -0.118. The van der Waals surface area contributed by atoms with Crippen molar-refractivity contribution >= 4 is 41.3 Å². The van der Waals surface area contributed by atoms with Gasteiger partial charge < -0.3 is 11.1 Å². The Labute approximate surface area is 93.7 Å². The first-order valence-electron chi connectivity index (χ1n) is 3.14. The van der Waals surface area contributed by atoms with Gasteiger partial charge in [0.1, 0.15) is 0 Å². The topological polar surface area (TPSA) is 108 Å². The van der Waals surface area contributed by atoms with Gasteiger partial charge in [-0.3, -0.25) is 15.2 Å². The lowest BCUT2D eigenvalue weighted by Crippen LogP contribution is -2.45. The maximum atomic E-state index is 10.3. The SMILES string of the molecule is Br.CC(=O)NCCN(N)C(=N)N.Cl. The maximum Gasteiger partial charge on any atom is 0.216 e. The van der Waals surface area contributed by atoms with Gasteiger partial charge in [-0.25, -0.2) is 5.84 Å². The molecule has 6 nitrogen and oxygen atoms in total. The number of hydrazine groups is 1. The molecule has 0 saturated carbocycles. The summed E-state index contributed by atoms with van der Waals surface area (Å²) in [6.07, 6.45) is 0. The first kappa shape index (κ1) is 18.3. The van der Waals surface area contributed by atoms with Gasteiger partial charge in [0.25, 0.3) is 0 Å². The molecule has 0 heterocycles. The summed E-state index contributed by atoms with van der Waals surface area (Å²) < 4.78 is 0. The third kappa shape index (κ3) is 11.5. The minimum absolute atomic E-state index is 0. The van der Waals surface area contributed by atoms with Gasteiger partial charge in [-0.1, -0.05) is 0 Å². The van der Waals surface area contributed by atoms with Crippen molar-refractivity contribution < 1.29 is 4.79 Å². The van der Waals surface area contributed by atoms with Crippen LogP contribution in [0.5, 0.6) is 0 Å². The Bertz CT molecular complexity index is 167. The first-order chi connectivity index (χ1) is 5.04. The zero-order valence-electron chi connectivity index (χ0n) is 7.24. The van der Waals surface area contributed by atoms with Gasteiger partial charge in [0.05, 0.1) is 6.54 Å². The molecule has 1 amide bonds. The number of nitrogens with zero attached hydrogens (tertiary/aromatic N) is 1. The van der Waals surface area contributed by atoms with Crippen LogP contribution < -0.4 is 16.9 Å². The zero-order valence-corrected chi connectivity index (χ0v) is 9.77. The Balaban J connectivity index is -0.000000500. The molecule has 13 heavy (non-hydrogen) atoms. The van der Waals surface area contributed by atoms with Crippen LogP contribution in [-0.4, -0.2) is 30.0 Å². The van der Waals surface area contributed by atoms with Crippen molar-refractivity contribution in [3.63, 3.8) is 0 Å². The number of hydrogen-bond acceptors (Lipinski definition) is 3. The average molecular weight is 277 g/mol. The Morgan fingerprint density at radius 2 is 2.08 bits per heavy atom. The van der Waals surface area contributed by atoms with Gasteiger partial charge in [0.2, 0.25) is 11.9 Å². The number of amides is 1. The largest absolute Gasteiger partial charge is 0.369 e. The molecule has 0 aromatic heterocycles. The van der Waals surface area contributed by atoms with E-state index in [0.717, 1.165) is 5.01 Å². The molecule has 0 saturated heterocycles. The first-order valence-corrected chi connectivity index (χ1v) is 3.14. The zero-order chi connectivity index (χ0) is 8.85. The molecule has 0 aromatic rings. The minimum atomic E-state index is -0.213. The molecule has 0 aliphatic carbocycles. The second-order valence-electron chi connectivity index (χ2n) is 2.06. The molecule has 80 valence electrons. The number of carbonyl (C=O) groups is 1. The van der Waals surface area contributed by atoms with Gasteiger partial charge in [-0.05, 0) is 0 Å². The monoisotopic (exact) mass is 275 g/mol. The van der Waals surface area contributed by atoms with Gasteiger partial charge in [-0.2, -0.15) is 0 Å². The van der Waals surface area contributed by atoms with Crippen LogP contribution in [0.25, 0.3) is 0 Å². The highest BCUT2D eigenvalue weighted by atomic mass is 79.9. The molecule has 0 aromatic carbocycles. The fourth-order valence-corrected chi connectivity index (χ4v) is 0.473. The van der Waals surface area contributed by atoms with E-state index in [4.69, 9.17) is 17.0 Å². The molecular weight excluding hydrogens is 261 g/mol. The van der Waals surface area contributed by atoms with Crippen LogP contribution in [0.3, 0.4) is 0 Å². The summed E-state index contributed by atoms with van der Waals surface area (Å²) >= 11 is 0. The molecule has 0 unspecified atom stereocenters. The smallest absolute Gasteiger partial charge is 0.216 e. The van der Waals surface area contributed by atoms with Crippen LogP contribution in [0.1, 0.15) is 6.92 Å². The number of nitrogens with one attached hydrogen (secondary N) is 2. The van der Waals surface area contributed by atoms with Crippen molar-refractivity contribution in [3.05, 3.63) is 0 Å². The number of rotatable bonds is 3. The fraction of sp³-hybridized carbons (Fsp3) is 0.600. The van der Waals surface area contributed by atoms with E-state index in [1.165, 1.54) is 6.92 Å². The van der Waals surface area contributed by atoms with Crippen LogP contribution in [0.2, 0.25) is 0 Å². The van der Waals surface area contributed by atoms with Gasteiger partial charge in [-0.15, -0.1) is 29.4 Å². The summed E-state index contributed by atoms with van der Waals surface area (Å²) in [6.45, 7) is 2.15. The van der Waals surface area contributed by atoms with Crippen LogP contribution in [0.15, 0.2) is 0 Å². The maximum absolute atomic E-state index is 10.3. The predicted molar refractivity (Wildman–Crippen MR) is 59.1 cm³/mol. The molecule has 0 bridgehead atoms. The summed E-state index contributed by atoms with van der Waals surface area (Å²) in [6, 6.07) is 0. The Hall–Kier alpha value is -0.530. The molecular formula is C5H15BrClN5O. The van der Waals surface area contributed by atoms with Crippen molar-refractivity contribution in [2.24, 2.45) is 11.6 Å². The standard InChI is InChI=1S/C5H13N5O.BrH.ClH/c1-4(11)9-2-3-10(8)5(6)7;;/h2-3,8H2,1H3,(H3,6,7)(H,9,11);2*1H. The third-order valence-electron chi connectivity index (χ3n) is 1.04. The second kappa shape index (κ2) is 9.56. The van der Waals surface area contributed by atoms with Crippen LogP contribution in [-0.2, 0) is 4.79 Å². The van der Waals surface area contributed by atoms with E-state index in [1.54, 1.807) is 0 Å². The summed E-state index contributed by atoms with van der Waals surface area (Å²) in [5.41, 5.74) is 5.02. The number of hydrogen-bond donors (Lipinski definition) is 4. The van der Waals surface area contributed by atoms with Crippen molar-refractivity contribution in [2.45, 2.75) is 6.92 Å².